The van der Waals surface area contributed by atoms with E-state index in [4.69, 9.17) is 11.6 Å². The average molecular weight is 247 g/mol. The van der Waals surface area contributed by atoms with Crippen LogP contribution in [-0.4, -0.2) is 11.1 Å². The lowest BCUT2D eigenvalue weighted by Crippen LogP contribution is -2.34. The van der Waals surface area contributed by atoms with Crippen LogP contribution < -0.4 is 5.32 Å². The number of aromatic nitrogens is 1. The molecular formula is C14H15ClN2. The van der Waals surface area contributed by atoms with Gasteiger partial charge in [0.05, 0.1) is 6.67 Å². The third-order valence-electron chi connectivity index (χ3n) is 4.20. The number of fused-ring (bicyclic) bond motifs is 3. The minimum absolute atomic E-state index is 0.707. The lowest BCUT2D eigenvalue weighted by molar-refractivity contribution is 0.402. The highest BCUT2D eigenvalue weighted by Gasteiger charge is 2.29. The number of halogens is 1. The fourth-order valence-corrected chi connectivity index (χ4v) is 3.70. The number of nitrogens with zero attached hydrogens (tertiary/aromatic N) is 1. The molecular weight excluding hydrogens is 232 g/mol. The van der Waals surface area contributed by atoms with Gasteiger partial charge in [-0.25, -0.2) is 0 Å². The van der Waals surface area contributed by atoms with Crippen LogP contribution in [0, 0.1) is 0 Å². The fourth-order valence-electron chi connectivity index (χ4n) is 3.53. The van der Waals surface area contributed by atoms with E-state index in [0.717, 1.165) is 18.2 Å². The lowest BCUT2D eigenvalue weighted by Gasteiger charge is -2.30. The van der Waals surface area contributed by atoms with Gasteiger partial charge in [-0.3, -0.25) is 5.32 Å². The maximum atomic E-state index is 6.14. The molecule has 0 radical (unpaired) electrons. The van der Waals surface area contributed by atoms with Crippen LogP contribution in [0.4, 0.5) is 0 Å². The van der Waals surface area contributed by atoms with Crippen molar-refractivity contribution in [2.24, 2.45) is 0 Å². The van der Waals surface area contributed by atoms with Crippen LogP contribution in [0.1, 0.15) is 30.0 Å². The van der Waals surface area contributed by atoms with Gasteiger partial charge < -0.3 is 4.57 Å². The molecule has 1 aliphatic heterocycles. The molecule has 1 unspecified atom stereocenters. The summed E-state index contributed by atoms with van der Waals surface area (Å²) < 4.78 is 2.45. The molecule has 0 spiro atoms. The first-order valence-corrected chi connectivity index (χ1v) is 6.73. The smallest absolute Gasteiger partial charge is 0.0729 e. The Balaban J connectivity index is 2.11. The van der Waals surface area contributed by atoms with E-state index < -0.39 is 0 Å². The number of rotatable bonds is 0. The van der Waals surface area contributed by atoms with Gasteiger partial charge in [-0.05, 0) is 43.0 Å². The summed E-state index contributed by atoms with van der Waals surface area (Å²) in [5.74, 6) is 0.707. The molecule has 2 nitrogen and oxygen atoms in total. The van der Waals surface area contributed by atoms with Crippen molar-refractivity contribution in [3.63, 3.8) is 0 Å². The van der Waals surface area contributed by atoms with E-state index in [1.807, 2.05) is 6.07 Å². The van der Waals surface area contributed by atoms with Crippen molar-refractivity contribution in [2.45, 2.75) is 31.8 Å². The van der Waals surface area contributed by atoms with Gasteiger partial charge in [-0.1, -0.05) is 11.6 Å². The number of hydrogen-bond donors (Lipinski definition) is 1. The zero-order chi connectivity index (χ0) is 11.4. The van der Waals surface area contributed by atoms with E-state index >= 15 is 0 Å². The van der Waals surface area contributed by atoms with E-state index in [1.54, 1.807) is 11.3 Å². The van der Waals surface area contributed by atoms with E-state index in [-0.39, 0.29) is 0 Å². The van der Waals surface area contributed by atoms with Crippen LogP contribution >= 0.6 is 11.6 Å². The lowest BCUT2D eigenvalue weighted by atomic mass is 9.86. The van der Waals surface area contributed by atoms with Crippen LogP contribution in [0.5, 0.6) is 0 Å². The van der Waals surface area contributed by atoms with Gasteiger partial charge in [0, 0.05) is 34.1 Å². The molecule has 0 fully saturated rings. The summed E-state index contributed by atoms with van der Waals surface area (Å²) in [5, 5.41) is 5.76. The monoisotopic (exact) mass is 246 g/mol. The highest BCUT2D eigenvalue weighted by Crippen LogP contribution is 2.40. The normalized spacial score (nSPS) is 22.8. The van der Waals surface area contributed by atoms with E-state index in [9.17, 15) is 0 Å². The fraction of sp³-hybridized carbons (Fsp3) is 0.429. The molecule has 1 N–H and O–H groups in total. The summed E-state index contributed by atoms with van der Waals surface area (Å²) >= 11 is 6.14. The summed E-state index contributed by atoms with van der Waals surface area (Å²) in [6.07, 6.45) is 3.85. The second-order valence-electron chi connectivity index (χ2n) is 5.15. The second kappa shape index (κ2) is 3.50. The Morgan fingerprint density at radius 2 is 2.29 bits per heavy atom. The largest absolute Gasteiger partial charge is 0.331 e. The number of benzene rings is 1. The van der Waals surface area contributed by atoms with Gasteiger partial charge in [0.1, 0.15) is 0 Å². The minimum Gasteiger partial charge on any atom is -0.331 e. The predicted molar refractivity (Wildman–Crippen MR) is 70.6 cm³/mol. The van der Waals surface area contributed by atoms with Crippen LogP contribution in [0.2, 0.25) is 5.02 Å². The van der Waals surface area contributed by atoms with Gasteiger partial charge in [0.25, 0.3) is 0 Å². The Labute approximate surface area is 106 Å². The SMILES string of the molecule is Clc1ccc2c(c1)c1c3n2CNCC3CCC1. The molecule has 0 saturated carbocycles. The van der Waals surface area contributed by atoms with Gasteiger partial charge in [0.15, 0.2) is 0 Å². The van der Waals surface area contributed by atoms with E-state index in [1.165, 1.54) is 30.2 Å². The van der Waals surface area contributed by atoms with Crippen molar-refractivity contribution in [3.8, 4) is 0 Å². The maximum Gasteiger partial charge on any atom is 0.0729 e. The van der Waals surface area contributed by atoms with Crippen molar-refractivity contribution in [1.29, 1.82) is 0 Å². The molecule has 1 aliphatic carbocycles. The summed E-state index contributed by atoms with van der Waals surface area (Å²) in [5.41, 5.74) is 4.48. The molecule has 1 aromatic heterocycles. The Hall–Kier alpha value is -0.990. The molecule has 17 heavy (non-hydrogen) atoms. The third kappa shape index (κ3) is 1.31. The highest BCUT2D eigenvalue weighted by molar-refractivity contribution is 6.31. The number of hydrogen-bond acceptors (Lipinski definition) is 1. The Bertz CT molecular complexity index is 598. The molecule has 0 amide bonds. The second-order valence-corrected chi connectivity index (χ2v) is 5.59. The van der Waals surface area contributed by atoms with Crippen LogP contribution in [0.15, 0.2) is 18.2 Å². The zero-order valence-corrected chi connectivity index (χ0v) is 10.4. The topological polar surface area (TPSA) is 17.0 Å². The van der Waals surface area contributed by atoms with Gasteiger partial charge in [-0.2, -0.15) is 0 Å². The number of nitrogens with one attached hydrogen (secondary N) is 1. The van der Waals surface area contributed by atoms with Gasteiger partial charge in [0.2, 0.25) is 0 Å². The molecule has 2 aliphatic rings. The first kappa shape index (κ1) is 9.98. The van der Waals surface area contributed by atoms with E-state index in [2.05, 4.69) is 22.0 Å². The average Bonchev–Trinajstić information content (AvgIpc) is 2.67. The van der Waals surface area contributed by atoms with Gasteiger partial charge in [-0.15, -0.1) is 0 Å². The van der Waals surface area contributed by atoms with Crippen molar-refractivity contribution >= 4 is 22.5 Å². The quantitative estimate of drug-likeness (QED) is 0.755. The van der Waals surface area contributed by atoms with Crippen LogP contribution in [0.25, 0.3) is 10.9 Å². The summed E-state index contributed by atoms with van der Waals surface area (Å²) in [7, 11) is 0. The molecule has 4 rings (SSSR count). The molecule has 88 valence electrons. The van der Waals surface area contributed by atoms with Crippen molar-refractivity contribution in [2.75, 3.05) is 6.54 Å². The molecule has 1 atom stereocenters. The molecule has 2 heterocycles. The van der Waals surface area contributed by atoms with Crippen molar-refractivity contribution in [3.05, 3.63) is 34.5 Å². The Kier molecular flexibility index (Phi) is 2.06. The molecule has 2 aromatic rings. The van der Waals surface area contributed by atoms with Crippen molar-refractivity contribution < 1.29 is 0 Å². The number of aryl methyl sites for hydroxylation is 1. The third-order valence-corrected chi connectivity index (χ3v) is 4.44. The highest BCUT2D eigenvalue weighted by atomic mass is 35.5. The first-order chi connectivity index (χ1) is 8.34. The minimum atomic E-state index is 0.707. The zero-order valence-electron chi connectivity index (χ0n) is 9.67. The Morgan fingerprint density at radius 1 is 1.35 bits per heavy atom. The molecule has 3 heteroatoms. The van der Waals surface area contributed by atoms with Crippen LogP contribution in [-0.2, 0) is 13.1 Å². The molecule has 0 saturated heterocycles. The maximum absolute atomic E-state index is 6.14. The molecule has 1 aromatic carbocycles. The van der Waals surface area contributed by atoms with Gasteiger partial charge >= 0.3 is 0 Å². The first-order valence-electron chi connectivity index (χ1n) is 6.36. The summed E-state index contributed by atoms with van der Waals surface area (Å²) in [6.45, 7) is 2.08. The summed E-state index contributed by atoms with van der Waals surface area (Å²) in [4.78, 5) is 0. The van der Waals surface area contributed by atoms with E-state index in [0.29, 0.717) is 5.92 Å². The standard InChI is InChI=1S/C14H15ClN2/c15-10-4-5-13-12(6-10)11-3-1-2-9-7-16-8-17(13)14(9)11/h4-6,9,16H,1-3,7-8H2. The van der Waals surface area contributed by atoms with Crippen molar-refractivity contribution in [1.82, 2.24) is 9.88 Å². The van der Waals surface area contributed by atoms with Crippen LogP contribution in [0.3, 0.4) is 0 Å². The molecule has 0 bridgehead atoms. The Morgan fingerprint density at radius 3 is 3.24 bits per heavy atom. The summed E-state index contributed by atoms with van der Waals surface area (Å²) in [6, 6.07) is 6.31. The predicted octanol–water partition coefficient (Wildman–Crippen LogP) is 3.28.